The zero-order valence-corrected chi connectivity index (χ0v) is 18.9. The van der Waals surface area contributed by atoms with Gasteiger partial charge in [-0.1, -0.05) is 65.7 Å². The molecule has 3 aromatic carbocycles. The van der Waals surface area contributed by atoms with Crippen LogP contribution in [-0.4, -0.2) is 15.7 Å². The number of nitrogens with one attached hydrogen (secondary N) is 1. The van der Waals surface area contributed by atoms with Crippen LogP contribution >= 0.6 is 23.2 Å². The van der Waals surface area contributed by atoms with Crippen LogP contribution in [0.3, 0.4) is 0 Å². The molecule has 4 rings (SSSR count). The second-order valence-corrected chi connectivity index (χ2v) is 8.11. The first-order valence-electron chi connectivity index (χ1n) is 10.0. The summed E-state index contributed by atoms with van der Waals surface area (Å²) in [6.45, 7) is 2.96. The molecule has 0 aliphatic rings. The van der Waals surface area contributed by atoms with Crippen LogP contribution in [0, 0.1) is 6.92 Å². The lowest BCUT2D eigenvalue weighted by Gasteiger charge is -2.10. The number of nitrogens with zero attached hydrogens (tertiary/aromatic N) is 2. The molecule has 5 nitrogen and oxygen atoms in total. The molecule has 1 heterocycles. The molecule has 0 fully saturated rings. The van der Waals surface area contributed by atoms with E-state index in [0.717, 1.165) is 5.56 Å². The summed E-state index contributed by atoms with van der Waals surface area (Å²) in [6, 6.07) is 22.4. The summed E-state index contributed by atoms with van der Waals surface area (Å²) < 4.78 is 7.56. The minimum atomic E-state index is -0.242. The number of aromatic nitrogens is 2. The topological polar surface area (TPSA) is 56.2 Å². The molecule has 0 aliphatic carbocycles. The number of amides is 1. The predicted octanol–water partition coefficient (Wildman–Crippen LogP) is 6.38. The van der Waals surface area contributed by atoms with Crippen molar-refractivity contribution < 1.29 is 9.53 Å². The second-order valence-electron chi connectivity index (χ2n) is 7.32. The van der Waals surface area contributed by atoms with Crippen LogP contribution in [-0.2, 0) is 13.2 Å². The Kier molecular flexibility index (Phi) is 6.78. The maximum atomic E-state index is 12.7. The number of hydrogen-bond acceptors (Lipinski definition) is 3. The van der Waals surface area contributed by atoms with Gasteiger partial charge in [0.15, 0.2) is 5.82 Å². The van der Waals surface area contributed by atoms with Gasteiger partial charge in [-0.25, -0.2) is 0 Å². The molecule has 0 spiro atoms. The Balaban J connectivity index is 1.39. The molecule has 32 heavy (non-hydrogen) atoms. The smallest absolute Gasteiger partial charge is 0.256 e. The molecule has 0 saturated carbocycles. The molecule has 0 atom stereocenters. The summed E-state index contributed by atoms with van der Waals surface area (Å²) in [5, 5.41) is 8.10. The summed E-state index contributed by atoms with van der Waals surface area (Å²) in [4.78, 5) is 12.7. The van der Waals surface area contributed by atoms with Gasteiger partial charge in [-0.15, -0.1) is 0 Å². The lowest BCUT2D eigenvalue weighted by Crippen LogP contribution is -2.13. The third kappa shape index (κ3) is 5.31. The van der Waals surface area contributed by atoms with Crippen LogP contribution in [0.5, 0.6) is 5.75 Å². The second kappa shape index (κ2) is 9.90. The molecular weight excluding hydrogens is 445 g/mol. The number of rotatable bonds is 7. The van der Waals surface area contributed by atoms with E-state index in [1.165, 1.54) is 11.1 Å². The standard InChI is InChI=1S/C25H21Cl2N3O2/c1-17-6-2-3-8-20(17)15-30-13-12-23(29-30)28-25(31)19-9-4-7-18(14-19)16-32-22-11-5-10-21(26)24(22)27/h2-14H,15-16H2,1H3,(H,28,29,31). The highest BCUT2D eigenvalue weighted by atomic mass is 35.5. The molecule has 0 unspecified atom stereocenters. The molecule has 0 saturated heterocycles. The molecule has 7 heteroatoms. The lowest BCUT2D eigenvalue weighted by atomic mass is 10.1. The normalized spacial score (nSPS) is 10.7. The molecule has 4 aromatic rings. The van der Waals surface area contributed by atoms with Gasteiger partial charge in [-0.05, 0) is 47.9 Å². The molecule has 0 radical (unpaired) electrons. The quantitative estimate of drug-likeness (QED) is 0.344. The molecular formula is C25H21Cl2N3O2. The Morgan fingerprint density at radius 1 is 1.03 bits per heavy atom. The summed E-state index contributed by atoms with van der Waals surface area (Å²) in [7, 11) is 0. The van der Waals surface area contributed by atoms with Gasteiger partial charge in [0.2, 0.25) is 0 Å². The SMILES string of the molecule is Cc1ccccc1Cn1ccc(NC(=O)c2cccc(COc3cccc(Cl)c3Cl)c2)n1. The Hall–Kier alpha value is -3.28. The highest BCUT2D eigenvalue weighted by Gasteiger charge is 2.11. The van der Waals surface area contributed by atoms with Crippen molar-refractivity contribution in [3.8, 4) is 5.75 Å². The van der Waals surface area contributed by atoms with E-state index in [-0.39, 0.29) is 12.5 Å². The number of hydrogen-bond donors (Lipinski definition) is 1. The van der Waals surface area contributed by atoms with Crippen molar-refractivity contribution >= 4 is 34.9 Å². The first kappa shape index (κ1) is 21.9. The first-order chi connectivity index (χ1) is 15.5. The number of ether oxygens (including phenoxy) is 1. The van der Waals surface area contributed by atoms with Gasteiger partial charge in [-0.2, -0.15) is 5.10 Å². The molecule has 0 bridgehead atoms. The van der Waals surface area contributed by atoms with Gasteiger partial charge in [0.05, 0.1) is 11.6 Å². The van der Waals surface area contributed by atoms with Crippen LogP contribution in [0.15, 0.2) is 79.0 Å². The number of halogens is 2. The lowest BCUT2D eigenvalue weighted by molar-refractivity contribution is 0.102. The van der Waals surface area contributed by atoms with E-state index in [2.05, 4.69) is 29.5 Å². The van der Waals surface area contributed by atoms with Crippen LogP contribution in [0.1, 0.15) is 27.0 Å². The van der Waals surface area contributed by atoms with Crippen molar-refractivity contribution in [1.82, 2.24) is 9.78 Å². The number of anilines is 1. The van der Waals surface area contributed by atoms with Crippen molar-refractivity contribution in [3.05, 3.63) is 111 Å². The molecule has 1 amide bonds. The predicted molar refractivity (Wildman–Crippen MR) is 128 cm³/mol. The van der Waals surface area contributed by atoms with Gasteiger partial charge in [0.1, 0.15) is 17.4 Å². The summed E-state index contributed by atoms with van der Waals surface area (Å²) in [5.74, 6) is 0.748. The van der Waals surface area contributed by atoms with Gasteiger partial charge < -0.3 is 10.1 Å². The van der Waals surface area contributed by atoms with Crippen LogP contribution in [0.25, 0.3) is 0 Å². The zero-order chi connectivity index (χ0) is 22.5. The molecule has 1 aromatic heterocycles. The molecule has 162 valence electrons. The van der Waals surface area contributed by atoms with Crippen LogP contribution in [0.2, 0.25) is 10.0 Å². The third-order valence-corrected chi connectivity index (χ3v) is 5.78. The fourth-order valence-corrected chi connectivity index (χ4v) is 3.57. The van der Waals surface area contributed by atoms with Gasteiger partial charge >= 0.3 is 0 Å². The number of carbonyl (C=O) groups excluding carboxylic acids is 1. The van der Waals surface area contributed by atoms with Crippen LogP contribution in [0.4, 0.5) is 5.82 Å². The number of carbonyl (C=O) groups is 1. The average Bonchev–Trinajstić information content (AvgIpc) is 3.23. The largest absolute Gasteiger partial charge is 0.487 e. The van der Waals surface area contributed by atoms with Crippen molar-refractivity contribution in [2.24, 2.45) is 0 Å². The minimum absolute atomic E-state index is 0.242. The third-order valence-electron chi connectivity index (χ3n) is 4.98. The number of benzene rings is 3. The minimum Gasteiger partial charge on any atom is -0.487 e. The van der Waals surface area contributed by atoms with Crippen molar-refractivity contribution in [2.75, 3.05) is 5.32 Å². The van der Waals surface area contributed by atoms with E-state index in [4.69, 9.17) is 27.9 Å². The summed E-state index contributed by atoms with van der Waals surface area (Å²) >= 11 is 12.2. The Morgan fingerprint density at radius 2 is 1.84 bits per heavy atom. The van der Waals surface area contributed by atoms with E-state index >= 15 is 0 Å². The monoisotopic (exact) mass is 465 g/mol. The molecule has 0 aliphatic heterocycles. The fourth-order valence-electron chi connectivity index (χ4n) is 3.23. The Morgan fingerprint density at radius 3 is 2.69 bits per heavy atom. The van der Waals surface area contributed by atoms with Crippen molar-refractivity contribution in [3.63, 3.8) is 0 Å². The van der Waals surface area contributed by atoms with Crippen molar-refractivity contribution in [2.45, 2.75) is 20.1 Å². The Labute approximate surface area is 196 Å². The van der Waals surface area contributed by atoms with Gasteiger partial charge in [0, 0.05) is 17.8 Å². The van der Waals surface area contributed by atoms with E-state index in [0.29, 0.717) is 33.7 Å². The maximum absolute atomic E-state index is 12.7. The first-order valence-corrected chi connectivity index (χ1v) is 10.8. The van der Waals surface area contributed by atoms with Gasteiger partial charge in [-0.3, -0.25) is 9.48 Å². The summed E-state index contributed by atoms with van der Waals surface area (Å²) in [5.41, 5.74) is 3.73. The Bertz CT molecular complexity index is 1250. The van der Waals surface area contributed by atoms with E-state index in [1.54, 1.807) is 41.1 Å². The van der Waals surface area contributed by atoms with Gasteiger partial charge in [0.25, 0.3) is 5.91 Å². The van der Waals surface area contributed by atoms with E-state index in [1.807, 2.05) is 30.5 Å². The average molecular weight is 466 g/mol. The highest BCUT2D eigenvalue weighted by Crippen LogP contribution is 2.32. The maximum Gasteiger partial charge on any atom is 0.256 e. The van der Waals surface area contributed by atoms with Crippen LogP contribution < -0.4 is 10.1 Å². The van der Waals surface area contributed by atoms with Crippen molar-refractivity contribution in [1.29, 1.82) is 0 Å². The van der Waals surface area contributed by atoms with E-state index < -0.39 is 0 Å². The number of aryl methyl sites for hydroxylation is 1. The zero-order valence-electron chi connectivity index (χ0n) is 17.4. The van der Waals surface area contributed by atoms with E-state index in [9.17, 15) is 4.79 Å². The highest BCUT2D eigenvalue weighted by molar-refractivity contribution is 6.42. The summed E-state index contributed by atoms with van der Waals surface area (Å²) in [6.07, 6.45) is 1.85. The molecule has 1 N–H and O–H groups in total. The fraction of sp³-hybridized carbons (Fsp3) is 0.120.